The standard InChI is InChI=1S/C17H29N5O2/c1-13(2)21(14(3)4)10-9-19-17(18-5)20-12-15-7-6-8-16(11-15)22(23)24/h6-8,11,13-14H,9-10,12H2,1-5H3,(H2,18,19,20). The zero-order chi connectivity index (χ0) is 18.1. The maximum atomic E-state index is 10.8. The number of nitrogens with zero attached hydrogens (tertiary/aromatic N) is 3. The van der Waals surface area contributed by atoms with E-state index >= 15 is 0 Å². The molecule has 0 radical (unpaired) electrons. The zero-order valence-corrected chi connectivity index (χ0v) is 15.2. The van der Waals surface area contributed by atoms with Crippen molar-refractivity contribution in [3.63, 3.8) is 0 Å². The van der Waals surface area contributed by atoms with Crippen LogP contribution in [0, 0.1) is 10.1 Å². The van der Waals surface area contributed by atoms with Crippen LogP contribution in [0.5, 0.6) is 0 Å². The van der Waals surface area contributed by atoms with Crippen molar-refractivity contribution in [2.24, 2.45) is 4.99 Å². The van der Waals surface area contributed by atoms with Gasteiger partial charge in [-0.2, -0.15) is 0 Å². The van der Waals surface area contributed by atoms with E-state index in [1.807, 2.05) is 6.07 Å². The van der Waals surface area contributed by atoms with Gasteiger partial charge in [0.15, 0.2) is 5.96 Å². The minimum Gasteiger partial charge on any atom is -0.355 e. The van der Waals surface area contributed by atoms with Crippen molar-refractivity contribution in [2.75, 3.05) is 20.1 Å². The lowest BCUT2D eigenvalue weighted by Gasteiger charge is -2.30. The molecule has 1 aromatic rings. The molecule has 0 aliphatic heterocycles. The van der Waals surface area contributed by atoms with E-state index in [4.69, 9.17) is 0 Å². The van der Waals surface area contributed by atoms with Gasteiger partial charge in [-0.15, -0.1) is 0 Å². The summed E-state index contributed by atoms with van der Waals surface area (Å²) in [7, 11) is 1.71. The average Bonchev–Trinajstić information content (AvgIpc) is 2.53. The molecule has 0 aliphatic carbocycles. The van der Waals surface area contributed by atoms with Gasteiger partial charge in [0.05, 0.1) is 4.92 Å². The molecule has 1 rings (SSSR count). The Morgan fingerprint density at radius 2 is 1.92 bits per heavy atom. The monoisotopic (exact) mass is 335 g/mol. The molecule has 0 bridgehead atoms. The topological polar surface area (TPSA) is 82.8 Å². The number of benzene rings is 1. The van der Waals surface area contributed by atoms with Crippen molar-refractivity contribution in [3.8, 4) is 0 Å². The number of non-ortho nitro benzene ring substituents is 1. The van der Waals surface area contributed by atoms with Crippen LogP contribution in [0.3, 0.4) is 0 Å². The molecule has 0 amide bonds. The maximum Gasteiger partial charge on any atom is 0.269 e. The van der Waals surface area contributed by atoms with E-state index < -0.39 is 0 Å². The first-order valence-electron chi connectivity index (χ1n) is 8.28. The summed E-state index contributed by atoms with van der Waals surface area (Å²) in [6, 6.07) is 7.59. The van der Waals surface area contributed by atoms with Gasteiger partial charge >= 0.3 is 0 Å². The molecule has 0 aromatic heterocycles. The highest BCUT2D eigenvalue weighted by Gasteiger charge is 2.12. The molecular weight excluding hydrogens is 306 g/mol. The lowest BCUT2D eigenvalue weighted by molar-refractivity contribution is -0.384. The quantitative estimate of drug-likeness (QED) is 0.330. The number of aliphatic imine (C=N–C) groups is 1. The third-order valence-corrected chi connectivity index (χ3v) is 3.79. The van der Waals surface area contributed by atoms with E-state index in [1.165, 1.54) is 6.07 Å². The van der Waals surface area contributed by atoms with Crippen molar-refractivity contribution in [2.45, 2.75) is 46.3 Å². The second-order valence-corrected chi connectivity index (χ2v) is 6.20. The number of nitro groups is 1. The second-order valence-electron chi connectivity index (χ2n) is 6.20. The Morgan fingerprint density at radius 3 is 2.46 bits per heavy atom. The molecule has 0 saturated heterocycles. The Bertz CT molecular complexity index is 550. The van der Waals surface area contributed by atoms with Crippen LogP contribution in [-0.2, 0) is 6.54 Å². The normalized spacial score (nSPS) is 12.1. The average molecular weight is 335 g/mol. The highest BCUT2D eigenvalue weighted by atomic mass is 16.6. The fraction of sp³-hybridized carbons (Fsp3) is 0.588. The molecule has 0 unspecified atom stereocenters. The van der Waals surface area contributed by atoms with Crippen LogP contribution >= 0.6 is 0 Å². The molecular formula is C17H29N5O2. The molecule has 0 fully saturated rings. The predicted molar refractivity (Wildman–Crippen MR) is 98.3 cm³/mol. The second kappa shape index (κ2) is 9.87. The third-order valence-electron chi connectivity index (χ3n) is 3.79. The summed E-state index contributed by atoms with van der Waals surface area (Å²) in [5, 5.41) is 17.3. The molecule has 0 heterocycles. The Morgan fingerprint density at radius 1 is 1.25 bits per heavy atom. The van der Waals surface area contributed by atoms with Crippen molar-refractivity contribution in [1.29, 1.82) is 0 Å². The van der Waals surface area contributed by atoms with E-state index in [-0.39, 0.29) is 10.6 Å². The molecule has 0 spiro atoms. The van der Waals surface area contributed by atoms with Crippen molar-refractivity contribution < 1.29 is 4.92 Å². The minimum atomic E-state index is -0.386. The molecule has 24 heavy (non-hydrogen) atoms. The zero-order valence-electron chi connectivity index (χ0n) is 15.2. The van der Waals surface area contributed by atoms with Gasteiger partial charge in [0, 0.05) is 50.9 Å². The Hall–Kier alpha value is -2.15. The lowest BCUT2D eigenvalue weighted by atomic mass is 10.2. The van der Waals surface area contributed by atoms with Gasteiger partial charge in [-0.3, -0.25) is 20.0 Å². The first kappa shape index (κ1) is 19.9. The first-order chi connectivity index (χ1) is 11.3. The summed E-state index contributed by atoms with van der Waals surface area (Å²) >= 11 is 0. The maximum absolute atomic E-state index is 10.8. The summed E-state index contributed by atoms with van der Waals surface area (Å²) in [4.78, 5) is 17.0. The fourth-order valence-corrected chi connectivity index (χ4v) is 2.60. The smallest absolute Gasteiger partial charge is 0.269 e. The molecule has 134 valence electrons. The van der Waals surface area contributed by atoms with Gasteiger partial charge in [0.25, 0.3) is 5.69 Å². The summed E-state index contributed by atoms with van der Waals surface area (Å²) < 4.78 is 0. The summed E-state index contributed by atoms with van der Waals surface area (Å²) in [6.07, 6.45) is 0. The number of hydrogen-bond acceptors (Lipinski definition) is 4. The Labute approximate surface area is 144 Å². The van der Waals surface area contributed by atoms with Gasteiger partial charge in [0.2, 0.25) is 0 Å². The largest absolute Gasteiger partial charge is 0.355 e. The van der Waals surface area contributed by atoms with Crippen LogP contribution < -0.4 is 10.6 Å². The highest BCUT2D eigenvalue weighted by Crippen LogP contribution is 2.12. The van der Waals surface area contributed by atoms with Gasteiger partial charge in [-0.05, 0) is 33.3 Å². The Kier molecular flexibility index (Phi) is 8.18. The number of nitrogens with one attached hydrogen (secondary N) is 2. The van der Waals surface area contributed by atoms with E-state index in [1.54, 1.807) is 19.2 Å². The van der Waals surface area contributed by atoms with Gasteiger partial charge in [-0.1, -0.05) is 12.1 Å². The van der Waals surface area contributed by atoms with E-state index in [0.29, 0.717) is 24.6 Å². The van der Waals surface area contributed by atoms with Crippen molar-refractivity contribution >= 4 is 11.6 Å². The SMILES string of the molecule is CN=C(NCCN(C(C)C)C(C)C)NCc1cccc([N+](=O)[O-])c1. The fourth-order valence-electron chi connectivity index (χ4n) is 2.60. The van der Waals surface area contributed by atoms with Crippen LogP contribution in [0.25, 0.3) is 0 Å². The third kappa shape index (κ3) is 6.54. The van der Waals surface area contributed by atoms with Crippen LogP contribution in [0.1, 0.15) is 33.3 Å². The number of guanidine groups is 1. The molecule has 0 aliphatic rings. The van der Waals surface area contributed by atoms with Crippen molar-refractivity contribution in [1.82, 2.24) is 15.5 Å². The summed E-state index contributed by atoms with van der Waals surface area (Å²) in [5.41, 5.74) is 0.944. The molecule has 7 nitrogen and oxygen atoms in total. The number of hydrogen-bond donors (Lipinski definition) is 2. The van der Waals surface area contributed by atoms with Gasteiger partial charge < -0.3 is 10.6 Å². The number of rotatable bonds is 8. The highest BCUT2D eigenvalue weighted by molar-refractivity contribution is 5.79. The van der Waals surface area contributed by atoms with Crippen LogP contribution in [-0.4, -0.2) is 48.0 Å². The summed E-state index contributed by atoms with van der Waals surface area (Å²) in [6.45, 7) is 11.0. The molecule has 0 atom stereocenters. The van der Waals surface area contributed by atoms with Gasteiger partial charge in [-0.25, -0.2) is 0 Å². The van der Waals surface area contributed by atoms with Crippen molar-refractivity contribution in [3.05, 3.63) is 39.9 Å². The summed E-state index contributed by atoms with van der Waals surface area (Å²) in [5.74, 6) is 0.689. The minimum absolute atomic E-state index is 0.0988. The first-order valence-corrected chi connectivity index (χ1v) is 8.28. The molecule has 1 aromatic carbocycles. The molecule has 2 N–H and O–H groups in total. The van der Waals surface area contributed by atoms with E-state index in [9.17, 15) is 10.1 Å². The van der Waals surface area contributed by atoms with Crippen LogP contribution in [0.2, 0.25) is 0 Å². The van der Waals surface area contributed by atoms with E-state index in [2.05, 4.69) is 48.2 Å². The van der Waals surface area contributed by atoms with Gasteiger partial charge in [0.1, 0.15) is 0 Å². The lowest BCUT2D eigenvalue weighted by Crippen LogP contribution is -2.45. The number of nitro benzene ring substituents is 1. The molecule has 0 saturated carbocycles. The van der Waals surface area contributed by atoms with Crippen LogP contribution in [0.4, 0.5) is 5.69 Å². The van der Waals surface area contributed by atoms with Crippen LogP contribution in [0.15, 0.2) is 29.3 Å². The Balaban J connectivity index is 2.48. The predicted octanol–water partition coefficient (Wildman–Crippen LogP) is 2.38. The molecule has 7 heteroatoms. The van der Waals surface area contributed by atoms with E-state index in [0.717, 1.165) is 18.7 Å².